The van der Waals surface area contributed by atoms with Crippen molar-refractivity contribution < 1.29 is 22.1 Å². The van der Waals surface area contributed by atoms with Crippen molar-refractivity contribution in [2.24, 2.45) is 0 Å². The highest BCUT2D eigenvalue weighted by molar-refractivity contribution is 7.99. The highest BCUT2D eigenvalue weighted by atomic mass is 32.2. The normalized spacial score (nSPS) is 13.6. The van der Waals surface area contributed by atoms with E-state index in [-0.39, 0.29) is 27.6 Å². The molecule has 0 saturated carbocycles. The molecule has 3 aromatic rings. The van der Waals surface area contributed by atoms with E-state index in [2.05, 4.69) is 46.5 Å². The summed E-state index contributed by atoms with van der Waals surface area (Å²) in [5, 5.41) is 10.9. The number of hydrogen-bond acceptors (Lipinski definition) is 7. The lowest BCUT2D eigenvalue weighted by Gasteiger charge is -2.28. The summed E-state index contributed by atoms with van der Waals surface area (Å²) in [5.41, 5.74) is 3.05. The van der Waals surface area contributed by atoms with Crippen molar-refractivity contribution >= 4 is 21.9 Å². The molecule has 0 amide bonds. The summed E-state index contributed by atoms with van der Waals surface area (Å²) < 4.78 is 36.1. The number of thioether (sulfide) groups is 1. The predicted octanol–water partition coefficient (Wildman–Crippen LogP) is 7.39. The summed E-state index contributed by atoms with van der Waals surface area (Å²) >= 11 is 1.62. The molecule has 1 heterocycles. The minimum Gasteiger partial charge on any atom is -0.507 e. The molecule has 0 saturated heterocycles. The van der Waals surface area contributed by atoms with E-state index in [1.807, 2.05) is 32.9 Å². The number of oxazole rings is 1. The van der Waals surface area contributed by atoms with Gasteiger partial charge in [0.15, 0.2) is 0 Å². The Kier molecular flexibility index (Phi) is 8.57. The highest BCUT2D eigenvalue weighted by Crippen LogP contribution is 2.44. The van der Waals surface area contributed by atoms with Gasteiger partial charge in [0.2, 0.25) is 5.89 Å². The van der Waals surface area contributed by atoms with Gasteiger partial charge in [-0.25, -0.2) is 4.98 Å². The van der Waals surface area contributed by atoms with Gasteiger partial charge in [0.1, 0.15) is 11.5 Å². The van der Waals surface area contributed by atoms with E-state index >= 15 is 0 Å². The van der Waals surface area contributed by atoms with E-state index in [4.69, 9.17) is 8.60 Å². The van der Waals surface area contributed by atoms with Crippen LogP contribution in [0, 0.1) is 13.8 Å². The molecule has 1 aromatic heterocycles. The quantitative estimate of drug-likeness (QED) is 0.233. The molecule has 0 aliphatic carbocycles. The molecule has 1 N–H and O–H groups in total. The van der Waals surface area contributed by atoms with Gasteiger partial charge >= 0.3 is 0 Å². The van der Waals surface area contributed by atoms with Gasteiger partial charge < -0.3 is 9.52 Å². The summed E-state index contributed by atoms with van der Waals surface area (Å²) in [4.78, 5) is 5.83. The predicted molar refractivity (Wildman–Crippen MR) is 149 cm³/mol. The molecule has 202 valence electrons. The molecule has 3 rings (SSSR count). The van der Waals surface area contributed by atoms with Gasteiger partial charge in [-0.3, -0.25) is 4.18 Å². The van der Waals surface area contributed by atoms with Crippen LogP contribution in [0.4, 0.5) is 0 Å². The second kappa shape index (κ2) is 10.8. The van der Waals surface area contributed by atoms with Crippen LogP contribution < -0.4 is 0 Å². The van der Waals surface area contributed by atoms with Gasteiger partial charge in [-0.1, -0.05) is 59.2 Å². The van der Waals surface area contributed by atoms with Crippen molar-refractivity contribution in [2.75, 3.05) is 6.61 Å². The van der Waals surface area contributed by atoms with Crippen LogP contribution in [-0.4, -0.2) is 25.1 Å². The molecule has 2 aromatic carbocycles. The van der Waals surface area contributed by atoms with E-state index in [1.54, 1.807) is 36.0 Å². The van der Waals surface area contributed by atoms with Crippen molar-refractivity contribution in [3.05, 3.63) is 70.4 Å². The maximum Gasteiger partial charge on any atom is 0.296 e. The van der Waals surface area contributed by atoms with E-state index < -0.39 is 10.1 Å². The maximum absolute atomic E-state index is 12.5. The van der Waals surface area contributed by atoms with Gasteiger partial charge in [0.05, 0.1) is 22.4 Å². The fraction of sp³-hybridized carbons (Fsp3) is 0.483. The van der Waals surface area contributed by atoms with Crippen LogP contribution in [0.25, 0.3) is 0 Å². The molecule has 0 aliphatic rings. The number of aromatic nitrogens is 1. The van der Waals surface area contributed by atoms with Gasteiger partial charge in [-0.15, -0.1) is 11.8 Å². The van der Waals surface area contributed by atoms with Crippen molar-refractivity contribution in [3.8, 4) is 5.75 Å². The molecule has 6 nitrogen and oxygen atoms in total. The number of phenols is 1. The first-order valence-corrected chi connectivity index (χ1v) is 14.7. The first-order chi connectivity index (χ1) is 17.0. The van der Waals surface area contributed by atoms with Crippen molar-refractivity contribution in [1.29, 1.82) is 0 Å². The number of aromatic hydroxyl groups is 1. The zero-order valence-corrected chi connectivity index (χ0v) is 24.9. The summed E-state index contributed by atoms with van der Waals surface area (Å²) in [6.45, 7) is 18.3. The molecule has 0 spiro atoms. The molecular weight excluding hydrogens is 506 g/mol. The molecule has 8 heteroatoms. The minimum atomic E-state index is -3.83. The van der Waals surface area contributed by atoms with Crippen LogP contribution in [0.15, 0.2) is 50.6 Å². The average molecular weight is 546 g/mol. The average Bonchev–Trinajstić information content (AvgIpc) is 3.14. The first kappa shape index (κ1) is 29.3. The summed E-state index contributed by atoms with van der Waals surface area (Å²) in [5.74, 6) is 1.57. The van der Waals surface area contributed by atoms with Gasteiger partial charge in [-0.05, 0) is 55.9 Å². The Bertz CT molecular complexity index is 1310. The lowest BCUT2D eigenvalue weighted by molar-refractivity contribution is 0.320. The van der Waals surface area contributed by atoms with Crippen LogP contribution in [0.2, 0.25) is 0 Å². The summed E-state index contributed by atoms with van der Waals surface area (Å²) in [6.07, 6.45) is 0.319. The lowest BCUT2D eigenvalue weighted by Crippen LogP contribution is -2.17. The number of benzene rings is 2. The van der Waals surface area contributed by atoms with Crippen LogP contribution in [0.1, 0.15) is 87.8 Å². The summed E-state index contributed by atoms with van der Waals surface area (Å²) in [6, 6.07) is 10.7. The Morgan fingerprint density at radius 3 is 2.05 bits per heavy atom. The second-order valence-corrected chi connectivity index (χ2v) is 14.6. The van der Waals surface area contributed by atoms with Gasteiger partial charge in [0.25, 0.3) is 10.1 Å². The van der Waals surface area contributed by atoms with Crippen LogP contribution in [-0.2, 0) is 31.6 Å². The van der Waals surface area contributed by atoms with Crippen molar-refractivity contribution in [2.45, 2.75) is 94.6 Å². The minimum absolute atomic E-state index is 0.0214. The monoisotopic (exact) mass is 545 g/mol. The standard InChI is InChI=1S/C29H39NO5S2/c1-18-10-12-22(13-11-18)37(32,33)34-15-14-25-19(2)35-27(30-25)20(3)36-21-16-23(28(4,5)6)26(31)24(17-21)29(7,8)9/h10-13,16-17,20,31H,14-15H2,1-9H3. The fourth-order valence-corrected chi connectivity index (χ4v) is 5.84. The SMILES string of the molecule is Cc1ccc(S(=O)(=O)OCCc2nc(C(C)Sc3cc(C(C)(C)C)c(O)c(C(C)(C)C)c3)oc2C)cc1. The molecule has 0 aliphatic heterocycles. The van der Waals surface area contributed by atoms with E-state index in [9.17, 15) is 13.5 Å². The second-order valence-electron chi connectivity index (χ2n) is 11.5. The highest BCUT2D eigenvalue weighted by Gasteiger charge is 2.28. The van der Waals surface area contributed by atoms with Crippen molar-refractivity contribution in [1.82, 2.24) is 4.98 Å². The Morgan fingerprint density at radius 2 is 1.54 bits per heavy atom. The lowest BCUT2D eigenvalue weighted by atomic mass is 9.79. The third-order valence-electron chi connectivity index (χ3n) is 6.16. The zero-order valence-electron chi connectivity index (χ0n) is 23.3. The third kappa shape index (κ3) is 7.18. The van der Waals surface area contributed by atoms with Crippen LogP contribution in [0.5, 0.6) is 5.75 Å². The van der Waals surface area contributed by atoms with Gasteiger partial charge in [0, 0.05) is 22.4 Å². The first-order valence-electron chi connectivity index (χ1n) is 12.5. The molecule has 1 unspecified atom stereocenters. The number of rotatable bonds is 8. The van der Waals surface area contributed by atoms with E-state index in [0.717, 1.165) is 21.6 Å². The molecule has 0 bridgehead atoms. The maximum atomic E-state index is 12.5. The van der Waals surface area contributed by atoms with Gasteiger partial charge in [-0.2, -0.15) is 8.42 Å². The Morgan fingerprint density at radius 1 is 1.00 bits per heavy atom. The number of phenolic OH excluding ortho intramolecular Hbond substituents is 1. The van der Waals surface area contributed by atoms with Crippen LogP contribution in [0.3, 0.4) is 0 Å². The van der Waals surface area contributed by atoms with E-state index in [0.29, 0.717) is 29.5 Å². The Labute approximate surface area is 226 Å². The van der Waals surface area contributed by atoms with Crippen LogP contribution >= 0.6 is 11.8 Å². The molecule has 37 heavy (non-hydrogen) atoms. The number of hydrogen-bond donors (Lipinski definition) is 1. The molecular formula is C29H39NO5S2. The summed E-state index contributed by atoms with van der Waals surface area (Å²) in [7, 11) is -3.83. The number of nitrogens with zero attached hydrogens (tertiary/aromatic N) is 1. The number of aryl methyl sites for hydroxylation is 2. The Balaban J connectivity index is 1.75. The largest absolute Gasteiger partial charge is 0.507 e. The zero-order chi connectivity index (χ0) is 27.8. The molecule has 0 radical (unpaired) electrons. The molecule has 1 atom stereocenters. The van der Waals surface area contributed by atoms with Crippen molar-refractivity contribution in [3.63, 3.8) is 0 Å². The fourth-order valence-electron chi connectivity index (χ4n) is 3.95. The molecule has 0 fully saturated rings. The van der Waals surface area contributed by atoms with E-state index in [1.165, 1.54) is 0 Å². The Hall–Kier alpha value is -2.29. The smallest absolute Gasteiger partial charge is 0.296 e. The third-order valence-corrected chi connectivity index (χ3v) is 8.55. The topological polar surface area (TPSA) is 89.6 Å².